The number of methoxy groups -OCH3 is 1. The van der Waals surface area contributed by atoms with E-state index in [9.17, 15) is 13.2 Å². The minimum atomic E-state index is -3.57. The van der Waals surface area contributed by atoms with Crippen LogP contribution in [0.2, 0.25) is 0 Å². The van der Waals surface area contributed by atoms with Crippen molar-refractivity contribution in [2.24, 2.45) is 7.05 Å². The maximum Gasteiger partial charge on any atom is 0.262 e. The fraction of sp³-hybridized carbons (Fsp3) is 0.636. The number of sulfonamides is 1. The number of rotatable bonds is 4. The molecule has 0 bridgehead atoms. The third-order valence-corrected chi connectivity index (χ3v) is 4.93. The van der Waals surface area contributed by atoms with Crippen LogP contribution in [0.15, 0.2) is 17.6 Å². The number of hydrogen-bond acceptors (Lipinski definition) is 5. The number of carbonyl (C=O) groups excluding carboxylic acids is 1. The summed E-state index contributed by atoms with van der Waals surface area (Å²) in [4.78, 5) is 17.1. The largest absolute Gasteiger partial charge is 0.375 e. The van der Waals surface area contributed by atoms with Crippen molar-refractivity contribution in [1.82, 2.24) is 18.8 Å². The Bertz CT molecular complexity index is 575. The number of nitrogens with zero attached hydrogens (tertiary/aromatic N) is 4. The zero-order chi connectivity index (χ0) is 14.8. The molecule has 0 aromatic carbocycles. The van der Waals surface area contributed by atoms with Crippen molar-refractivity contribution in [3.05, 3.63) is 12.5 Å². The number of imidazole rings is 1. The lowest BCUT2D eigenvalue weighted by Gasteiger charge is -2.33. The summed E-state index contributed by atoms with van der Waals surface area (Å²) in [5, 5.41) is 0.0386. The average Bonchev–Trinajstić information content (AvgIpc) is 2.86. The molecule has 1 saturated heterocycles. The summed E-state index contributed by atoms with van der Waals surface area (Å²) < 4.78 is 32.4. The van der Waals surface area contributed by atoms with Gasteiger partial charge in [0.05, 0.1) is 6.33 Å². The third kappa shape index (κ3) is 3.00. The number of amides is 1. The van der Waals surface area contributed by atoms with E-state index < -0.39 is 10.0 Å². The number of aryl methyl sites for hydroxylation is 1. The summed E-state index contributed by atoms with van der Waals surface area (Å²) in [7, 11) is -0.397. The summed E-state index contributed by atoms with van der Waals surface area (Å²) >= 11 is 0. The Morgan fingerprint density at radius 2 is 2.00 bits per heavy atom. The molecule has 1 fully saturated rings. The van der Waals surface area contributed by atoms with Crippen LogP contribution in [0.1, 0.15) is 0 Å². The number of carbonyl (C=O) groups is 1. The first-order valence-electron chi connectivity index (χ1n) is 6.20. The van der Waals surface area contributed by atoms with Crippen molar-refractivity contribution in [2.75, 3.05) is 39.9 Å². The molecular weight excluding hydrogens is 284 g/mol. The molecule has 1 aromatic rings. The molecule has 1 aliphatic rings. The van der Waals surface area contributed by atoms with Gasteiger partial charge in [-0.1, -0.05) is 0 Å². The van der Waals surface area contributed by atoms with Crippen molar-refractivity contribution in [1.29, 1.82) is 0 Å². The molecule has 0 unspecified atom stereocenters. The van der Waals surface area contributed by atoms with Gasteiger partial charge < -0.3 is 14.2 Å². The second-order valence-corrected chi connectivity index (χ2v) is 6.48. The van der Waals surface area contributed by atoms with E-state index >= 15 is 0 Å². The van der Waals surface area contributed by atoms with Gasteiger partial charge in [0.2, 0.25) is 5.91 Å². The minimum Gasteiger partial charge on any atom is -0.375 e. The van der Waals surface area contributed by atoms with E-state index in [1.807, 2.05) is 0 Å². The van der Waals surface area contributed by atoms with Crippen LogP contribution < -0.4 is 0 Å². The molecule has 2 heterocycles. The predicted octanol–water partition coefficient (Wildman–Crippen LogP) is -1.10. The molecule has 1 aliphatic heterocycles. The highest BCUT2D eigenvalue weighted by atomic mass is 32.2. The zero-order valence-electron chi connectivity index (χ0n) is 11.5. The van der Waals surface area contributed by atoms with Crippen LogP contribution in [0.3, 0.4) is 0 Å². The van der Waals surface area contributed by atoms with Crippen molar-refractivity contribution < 1.29 is 17.9 Å². The quantitative estimate of drug-likeness (QED) is 0.705. The van der Waals surface area contributed by atoms with E-state index in [-0.39, 0.29) is 30.6 Å². The molecule has 0 saturated carbocycles. The number of hydrogen-bond donors (Lipinski definition) is 0. The number of ether oxygens (including phenoxy) is 1. The van der Waals surface area contributed by atoms with E-state index in [0.29, 0.717) is 13.1 Å². The van der Waals surface area contributed by atoms with Crippen LogP contribution in [-0.2, 0) is 26.6 Å². The molecule has 9 heteroatoms. The minimum absolute atomic E-state index is 0.0208. The van der Waals surface area contributed by atoms with Gasteiger partial charge in [-0.3, -0.25) is 4.79 Å². The Morgan fingerprint density at radius 1 is 1.35 bits per heavy atom. The van der Waals surface area contributed by atoms with Gasteiger partial charge in [-0.05, 0) is 0 Å². The van der Waals surface area contributed by atoms with Gasteiger partial charge in [-0.2, -0.15) is 4.31 Å². The van der Waals surface area contributed by atoms with Gasteiger partial charge >= 0.3 is 0 Å². The van der Waals surface area contributed by atoms with Gasteiger partial charge in [-0.15, -0.1) is 0 Å². The van der Waals surface area contributed by atoms with Gasteiger partial charge in [-0.25, -0.2) is 13.4 Å². The molecule has 112 valence electrons. The van der Waals surface area contributed by atoms with Crippen LogP contribution in [0.5, 0.6) is 0 Å². The SMILES string of the molecule is COCC(=O)N1CCN(S(=O)(=O)c2cn(C)cn2)CC1. The maximum absolute atomic E-state index is 12.3. The third-order valence-electron chi connectivity index (χ3n) is 3.14. The summed E-state index contributed by atoms with van der Waals surface area (Å²) in [6, 6.07) is 0. The lowest BCUT2D eigenvalue weighted by Crippen LogP contribution is -2.51. The Morgan fingerprint density at radius 3 is 2.50 bits per heavy atom. The highest BCUT2D eigenvalue weighted by Gasteiger charge is 2.31. The zero-order valence-corrected chi connectivity index (χ0v) is 12.3. The first-order valence-corrected chi connectivity index (χ1v) is 7.64. The van der Waals surface area contributed by atoms with Crippen LogP contribution in [-0.4, -0.2) is 73.0 Å². The van der Waals surface area contributed by atoms with Crippen LogP contribution in [0, 0.1) is 0 Å². The molecule has 0 radical (unpaired) electrons. The van der Waals surface area contributed by atoms with Gasteiger partial charge in [0, 0.05) is 46.5 Å². The van der Waals surface area contributed by atoms with Crippen LogP contribution in [0.25, 0.3) is 0 Å². The first-order chi connectivity index (χ1) is 9.45. The van der Waals surface area contributed by atoms with Gasteiger partial charge in [0.1, 0.15) is 6.61 Å². The van der Waals surface area contributed by atoms with Gasteiger partial charge in [0.25, 0.3) is 10.0 Å². The summed E-state index contributed by atoms with van der Waals surface area (Å²) in [5.74, 6) is -0.123. The van der Waals surface area contributed by atoms with E-state index in [0.717, 1.165) is 0 Å². The lowest BCUT2D eigenvalue weighted by molar-refractivity contribution is -0.136. The molecule has 0 spiro atoms. The molecule has 1 aromatic heterocycles. The van der Waals surface area contributed by atoms with Gasteiger partial charge in [0.15, 0.2) is 5.03 Å². The monoisotopic (exact) mass is 302 g/mol. The Hall–Kier alpha value is -1.45. The van der Waals surface area contributed by atoms with E-state index in [1.54, 1.807) is 16.5 Å². The predicted molar refractivity (Wildman–Crippen MR) is 70.4 cm³/mol. The molecule has 8 nitrogen and oxygen atoms in total. The van der Waals surface area contributed by atoms with Crippen molar-refractivity contribution in [2.45, 2.75) is 5.03 Å². The van der Waals surface area contributed by atoms with Crippen LogP contribution >= 0.6 is 0 Å². The molecule has 0 aliphatic carbocycles. The standard InChI is InChI=1S/C11H18N4O4S/c1-13-7-10(12-9-13)20(17,18)15-5-3-14(4-6-15)11(16)8-19-2/h7,9H,3-6,8H2,1-2H3. The van der Waals surface area contributed by atoms with Crippen LogP contribution in [0.4, 0.5) is 0 Å². The molecular formula is C11H18N4O4S. The van der Waals surface area contributed by atoms with Crippen molar-refractivity contribution in [3.8, 4) is 0 Å². The summed E-state index contributed by atoms with van der Waals surface area (Å²) in [6.07, 6.45) is 2.92. The Balaban J connectivity index is 2.02. The molecule has 0 atom stereocenters. The Labute approximate surface area is 118 Å². The normalized spacial score (nSPS) is 17.4. The first kappa shape index (κ1) is 14.9. The molecule has 20 heavy (non-hydrogen) atoms. The second kappa shape index (κ2) is 5.90. The topological polar surface area (TPSA) is 84.7 Å². The fourth-order valence-corrected chi connectivity index (χ4v) is 3.44. The summed E-state index contributed by atoms with van der Waals surface area (Å²) in [5.41, 5.74) is 0. The highest BCUT2D eigenvalue weighted by molar-refractivity contribution is 7.89. The molecule has 2 rings (SSSR count). The molecule has 0 N–H and O–H groups in total. The van der Waals surface area contributed by atoms with Crippen molar-refractivity contribution >= 4 is 15.9 Å². The van der Waals surface area contributed by atoms with E-state index in [2.05, 4.69) is 4.98 Å². The highest BCUT2D eigenvalue weighted by Crippen LogP contribution is 2.15. The number of piperazine rings is 1. The molecule has 1 amide bonds. The maximum atomic E-state index is 12.3. The summed E-state index contributed by atoms with van der Waals surface area (Å²) in [6.45, 7) is 1.30. The fourth-order valence-electron chi connectivity index (χ4n) is 2.05. The average molecular weight is 302 g/mol. The lowest BCUT2D eigenvalue weighted by atomic mass is 10.3. The van der Waals surface area contributed by atoms with E-state index in [4.69, 9.17) is 4.74 Å². The second-order valence-electron chi connectivity index (χ2n) is 4.60. The smallest absolute Gasteiger partial charge is 0.262 e. The van der Waals surface area contributed by atoms with E-state index in [1.165, 1.54) is 23.9 Å². The Kier molecular flexibility index (Phi) is 4.41. The number of aromatic nitrogens is 2. The van der Waals surface area contributed by atoms with Crippen molar-refractivity contribution in [3.63, 3.8) is 0 Å².